The van der Waals surface area contributed by atoms with E-state index in [2.05, 4.69) is 81.5 Å². The Morgan fingerprint density at radius 1 is 0.586 bits per heavy atom. The van der Waals surface area contributed by atoms with Crippen LogP contribution in [0.25, 0.3) is 34.1 Å². The molecule has 5 rings (SSSR count). The maximum atomic E-state index is 5.96. The fourth-order valence-electron chi connectivity index (χ4n) is 3.88. The Morgan fingerprint density at radius 2 is 1.00 bits per heavy atom. The molecule has 5 nitrogen and oxygen atoms in total. The number of nitrogens with one attached hydrogen (secondary N) is 2. The van der Waals surface area contributed by atoms with Crippen LogP contribution < -0.4 is 10.6 Å². The molecule has 0 saturated heterocycles. The number of hydrogen-bond acceptors (Lipinski definition) is 5. The molecule has 0 amide bonds. The van der Waals surface area contributed by atoms with Crippen LogP contribution in [0.15, 0.2) is 65.1 Å². The molecule has 2 aromatic carbocycles. The van der Waals surface area contributed by atoms with E-state index < -0.39 is 0 Å². The summed E-state index contributed by atoms with van der Waals surface area (Å²) in [6.07, 6.45) is 6.64. The van der Waals surface area contributed by atoms with E-state index in [4.69, 9.17) is 4.42 Å². The summed E-state index contributed by atoms with van der Waals surface area (Å²) in [4.78, 5) is 0. The van der Waals surface area contributed by atoms with Crippen molar-refractivity contribution in [1.82, 2.24) is 20.8 Å². The van der Waals surface area contributed by atoms with Crippen LogP contribution in [0.2, 0.25) is 0 Å². The highest BCUT2D eigenvalue weighted by molar-refractivity contribution is 5.70. The summed E-state index contributed by atoms with van der Waals surface area (Å²) in [5.41, 5.74) is 7.20. The van der Waals surface area contributed by atoms with Crippen molar-refractivity contribution in [1.29, 1.82) is 0 Å². The average molecular weight is 384 g/mol. The van der Waals surface area contributed by atoms with E-state index in [0.717, 1.165) is 50.1 Å². The predicted octanol–water partition coefficient (Wildman–Crippen LogP) is 4.16. The summed E-state index contributed by atoms with van der Waals surface area (Å²) < 4.78 is 5.96. The number of rotatable bonds is 4. The molecule has 3 heterocycles. The third kappa shape index (κ3) is 3.92. The molecule has 146 valence electrons. The number of benzene rings is 2. The fourth-order valence-corrected chi connectivity index (χ4v) is 3.88. The zero-order valence-electron chi connectivity index (χ0n) is 16.3. The van der Waals surface area contributed by atoms with E-state index in [9.17, 15) is 0 Å². The monoisotopic (exact) mass is 384 g/mol. The molecule has 29 heavy (non-hydrogen) atoms. The van der Waals surface area contributed by atoms with Gasteiger partial charge in [-0.2, -0.15) is 0 Å². The lowest BCUT2D eigenvalue weighted by Gasteiger charge is -2.14. The van der Waals surface area contributed by atoms with Gasteiger partial charge in [-0.1, -0.05) is 36.4 Å². The molecular formula is C24H24N4O. The molecule has 5 heteroatoms. The van der Waals surface area contributed by atoms with Crippen molar-refractivity contribution in [2.75, 3.05) is 26.2 Å². The number of aromatic nitrogens is 2. The Bertz CT molecular complexity index is 961. The Labute approximate surface area is 170 Å². The van der Waals surface area contributed by atoms with Crippen molar-refractivity contribution in [3.05, 3.63) is 71.8 Å². The molecule has 0 spiro atoms. The van der Waals surface area contributed by atoms with Gasteiger partial charge in [0.1, 0.15) is 0 Å². The van der Waals surface area contributed by atoms with Gasteiger partial charge in [-0.05, 0) is 72.5 Å². The first-order valence-electron chi connectivity index (χ1n) is 10.2. The lowest BCUT2D eigenvalue weighted by Crippen LogP contribution is -2.19. The van der Waals surface area contributed by atoms with Crippen molar-refractivity contribution < 1.29 is 4.42 Å². The second-order valence-corrected chi connectivity index (χ2v) is 7.43. The molecule has 2 N–H and O–H groups in total. The van der Waals surface area contributed by atoms with Crippen molar-refractivity contribution in [3.8, 4) is 22.9 Å². The minimum absolute atomic E-state index is 0.552. The standard InChI is InChI=1S/C24H24N4O/c1-5-21(6-2-17(1)19-9-13-25-14-10-19)23-27-28-24(29-23)22-7-3-18(4-8-22)20-11-15-26-16-12-20/h1-9,11,25-26H,10,12-16H2. The van der Waals surface area contributed by atoms with Gasteiger partial charge in [-0.3, -0.25) is 0 Å². The third-order valence-electron chi connectivity index (χ3n) is 5.56. The Balaban J connectivity index is 1.34. The molecule has 3 aromatic rings. The van der Waals surface area contributed by atoms with Crippen LogP contribution in [0.3, 0.4) is 0 Å². The first kappa shape index (κ1) is 18.0. The summed E-state index contributed by atoms with van der Waals surface area (Å²) in [6.45, 7) is 3.95. The summed E-state index contributed by atoms with van der Waals surface area (Å²) >= 11 is 0. The third-order valence-corrected chi connectivity index (χ3v) is 5.56. The van der Waals surface area contributed by atoms with Crippen molar-refractivity contribution >= 4 is 11.1 Å². The lowest BCUT2D eigenvalue weighted by atomic mass is 9.99. The highest BCUT2D eigenvalue weighted by Gasteiger charge is 2.13. The van der Waals surface area contributed by atoms with E-state index in [0.29, 0.717) is 11.8 Å². The van der Waals surface area contributed by atoms with Crippen LogP contribution in [0, 0.1) is 0 Å². The predicted molar refractivity (Wildman–Crippen MR) is 116 cm³/mol. The average Bonchev–Trinajstić information content (AvgIpc) is 3.31. The maximum absolute atomic E-state index is 5.96. The van der Waals surface area contributed by atoms with Gasteiger partial charge in [-0.15, -0.1) is 10.2 Å². The van der Waals surface area contributed by atoms with Crippen LogP contribution in [0.5, 0.6) is 0 Å². The molecule has 0 atom stereocenters. The summed E-state index contributed by atoms with van der Waals surface area (Å²) in [6, 6.07) is 16.8. The molecule has 0 radical (unpaired) electrons. The Morgan fingerprint density at radius 3 is 1.38 bits per heavy atom. The van der Waals surface area contributed by atoms with Crippen LogP contribution in [0.4, 0.5) is 0 Å². The van der Waals surface area contributed by atoms with Crippen molar-refractivity contribution in [3.63, 3.8) is 0 Å². The van der Waals surface area contributed by atoms with Gasteiger partial charge in [0.15, 0.2) is 0 Å². The zero-order chi connectivity index (χ0) is 19.5. The fraction of sp³-hybridized carbons (Fsp3) is 0.250. The molecule has 0 bridgehead atoms. The van der Waals surface area contributed by atoms with Crippen molar-refractivity contribution in [2.45, 2.75) is 12.8 Å². The molecule has 0 fully saturated rings. The van der Waals surface area contributed by atoms with Gasteiger partial charge in [0.25, 0.3) is 0 Å². The molecular weight excluding hydrogens is 360 g/mol. The van der Waals surface area contributed by atoms with Gasteiger partial charge in [0.2, 0.25) is 11.8 Å². The van der Waals surface area contributed by atoms with Gasteiger partial charge >= 0.3 is 0 Å². The highest BCUT2D eigenvalue weighted by Crippen LogP contribution is 2.28. The number of nitrogens with zero attached hydrogens (tertiary/aromatic N) is 2. The quantitative estimate of drug-likeness (QED) is 0.707. The van der Waals surface area contributed by atoms with Crippen LogP contribution in [-0.2, 0) is 0 Å². The Hall–Kier alpha value is -3.02. The molecule has 0 saturated carbocycles. The second kappa shape index (κ2) is 8.15. The van der Waals surface area contributed by atoms with E-state index in [1.165, 1.54) is 22.3 Å². The first-order chi connectivity index (χ1) is 14.4. The van der Waals surface area contributed by atoms with Gasteiger partial charge in [-0.25, -0.2) is 0 Å². The highest BCUT2D eigenvalue weighted by atomic mass is 16.4. The minimum atomic E-state index is 0.552. The van der Waals surface area contributed by atoms with Gasteiger partial charge in [0, 0.05) is 24.2 Å². The topological polar surface area (TPSA) is 63.0 Å². The zero-order valence-corrected chi connectivity index (χ0v) is 16.3. The van der Waals surface area contributed by atoms with Gasteiger partial charge < -0.3 is 15.1 Å². The minimum Gasteiger partial charge on any atom is -0.416 e. The van der Waals surface area contributed by atoms with Crippen LogP contribution in [0.1, 0.15) is 24.0 Å². The van der Waals surface area contributed by atoms with E-state index >= 15 is 0 Å². The van der Waals surface area contributed by atoms with Crippen molar-refractivity contribution in [2.24, 2.45) is 0 Å². The van der Waals surface area contributed by atoms with Gasteiger partial charge in [0.05, 0.1) is 0 Å². The molecule has 2 aliphatic heterocycles. The van der Waals surface area contributed by atoms with E-state index in [1.54, 1.807) is 0 Å². The largest absolute Gasteiger partial charge is 0.416 e. The Kier molecular flexibility index (Phi) is 5.07. The smallest absolute Gasteiger partial charge is 0.248 e. The first-order valence-corrected chi connectivity index (χ1v) is 10.2. The second-order valence-electron chi connectivity index (χ2n) is 7.43. The normalized spacial score (nSPS) is 17.0. The van der Waals surface area contributed by atoms with E-state index in [-0.39, 0.29) is 0 Å². The molecule has 0 aliphatic carbocycles. The van der Waals surface area contributed by atoms with Crippen LogP contribution in [-0.4, -0.2) is 36.4 Å². The lowest BCUT2D eigenvalue weighted by molar-refractivity contribution is 0.584. The molecule has 1 aromatic heterocycles. The summed E-state index contributed by atoms with van der Waals surface area (Å²) in [5.74, 6) is 1.10. The van der Waals surface area contributed by atoms with E-state index in [1.807, 2.05) is 0 Å². The maximum Gasteiger partial charge on any atom is 0.248 e. The molecule has 2 aliphatic rings. The SMILES string of the molecule is C1=C(c2ccc(-c3nnc(-c4ccc(C5=CCNCC5)cc4)o3)cc2)CCNC1. The van der Waals surface area contributed by atoms with Crippen LogP contribution >= 0.6 is 0 Å². The molecule has 0 unspecified atom stereocenters. The number of hydrogen-bond donors (Lipinski definition) is 2. The summed E-state index contributed by atoms with van der Waals surface area (Å²) in [7, 11) is 0. The summed E-state index contributed by atoms with van der Waals surface area (Å²) in [5, 5.41) is 15.2.